The molecule has 1 heterocycles. The van der Waals surface area contributed by atoms with Gasteiger partial charge in [-0.15, -0.1) is 0 Å². The van der Waals surface area contributed by atoms with E-state index in [4.69, 9.17) is 14.2 Å². The molecule has 0 amide bonds. The molecule has 1 aliphatic carbocycles. The lowest BCUT2D eigenvalue weighted by Gasteiger charge is -2.41. The second-order valence-corrected chi connectivity index (χ2v) is 5.64. The van der Waals surface area contributed by atoms with Crippen molar-refractivity contribution in [3.8, 4) is 0 Å². The van der Waals surface area contributed by atoms with Crippen LogP contribution in [-0.4, -0.2) is 50.5 Å². The normalized spacial score (nSPS) is 29.1. The fraction of sp³-hybridized carbons (Fsp3) is 1.00. The summed E-state index contributed by atoms with van der Waals surface area (Å²) >= 11 is 0. The molecular weight excluding hydrogens is 287 g/mol. The van der Waals surface area contributed by atoms with Crippen LogP contribution in [0.3, 0.4) is 0 Å². The van der Waals surface area contributed by atoms with Crippen LogP contribution >= 0.6 is 0 Å². The SMILES string of the molecule is CCNC1CCC2(CC1OCCCC(F)(F)F)OCCO2. The maximum absolute atomic E-state index is 12.2. The van der Waals surface area contributed by atoms with Gasteiger partial charge in [0.1, 0.15) is 0 Å². The highest BCUT2D eigenvalue weighted by molar-refractivity contribution is 4.92. The van der Waals surface area contributed by atoms with Crippen LogP contribution in [0.4, 0.5) is 13.2 Å². The van der Waals surface area contributed by atoms with E-state index in [0.717, 1.165) is 19.4 Å². The molecule has 2 fully saturated rings. The van der Waals surface area contributed by atoms with Gasteiger partial charge in [0.05, 0.1) is 19.3 Å². The zero-order valence-corrected chi connectivity index (χ0v) is 12.4. The average molecular weight is 311 g/mol. The van der Waals surface area contributed by atoms with Crippen molar-refractivity contribution in [2.24, 2.45) is 0 Å². The number of hydrogen-bond donors (Lipinski definition) is 1. The van der Waals surface area contributed by atoms with Gasteiger partial charge < -0.3 is 19.5 Å². The Bertz CT molecular complexity index is 319. The summed E-state index contributed by atoms with van der Waals surface area (Å²) < 4.78 is 53.5. The van der Waals surface area contributed by atoms with E-state index >= 15 is 0 Å². The highest BCUT2D eigenvalue weighted by Crippen LogP contribution is 2.37. The molecule has 1 saturated carbocycles. The average Bonchev–Trinajstić information content (AvgIpc) is 2.85. The minimum atomic E-state index is -4.12. The molecule has 1 spiro atoms. The number of alkyl halides is 3. The van der Waals surface area contributed by atoms with Crippen molar-refractivity contribution in [1.29, 1.82) is 0 Å². The molecule has 1 aliphatic heterocycles. The van der Waals surface area contributed by atoms with Crippen LogP contribution in [0.5, 0.6) is 0 Å². The van der Waals surface area contributed by atoms with Gasteiger partial charge in [0.25, 0.3) is 0 Å². The van der Waals surface area contributed by atoms with E-state index in [-0.39, 0.29) is 25.2 Å². The molecule has 4 nitrogen and oxygen atoms in total. The fourth-order valence-electron chi connectivity index (χ4n) is 3.05. The standard InChI is InChI=1S/C14H24F3NO3/c1-2-18-11-4-6-13(20-8-9-21-13)10-12(11)19-7-3-5-14(15,16)17/h11-12,18H,2-10H2,1H3. The summed E-state index contributed by atoms with van der Waals surface area (Å²) in [5, 5.41) is 3.34. The first kappa shape index (κ1) is 17.0. The first-order chi connectivity index (χ1) is 9.94. The molecule has 2 unspecified atom stereocenters. The number of hydrogen-bond acceptors (Lipinski definition) is 4. The molecule has 0 aromatic carbocycles. The Labute approximate surface area is 123 Å². The number of ether oxygens (including phenoxy) is 3. The molecule has 1 saturated heterocycles. The third kappa shape index (κ3) is 5.09. The predicted molar refractivity (Wildman–Crippen MR) is 71.0 cm³/mol. The first-order valence-corrected chi connectivity index (χ1v) is 7.64. The van der Waals surface area contributed by atoms with Gasteiger partial charge in [-0.25, -0.2) is 0 Å². The summed E-state index contributed by atoms with van der Waals surface area (Å²) in [5.41, 5.74) is 0. The number of nitrogens with one attached hydrogen (secondary N) is 1. The van der Waals surface area contributed by atoms with Crippen LogP contribution < -0.4 is 5.32 Å². The van der Waals surface area contributed by atoms with Crippen LogP contribution in [0, 0.1) is 0 Å². The summed E-state index contributed by atoms with van der Waals surface area (Å²) in [6.45, 7) is 4.08. The molecule has 0 aromatic rings. The van der Waals surface area contributed by atoms with Crippen molar-refractivity contribution < 1.29 is 27.4 Å². The maximum Gasteiger partial charge on any atom is 0.389 e. The summed E-state index contributed by atoms with van der Waals surface area (Å²) in [4.78, 5) is 0. The summed E-state index contributed by atoms with van der Waals surface area (Å²) in [5.74, 6) is -0.583. The van der Waals surface area contributed by atoms with E-state index < -0.39 is 18.4 Å². The van der Waals surface area contributed by atoms with Crippen molar-refractivity contribution in [2.75, 3.05) is 26.4 Å². The number of rotatable bonds is 6. The molecule has 2 rings (SSSR count). The van der Waals surface area contributed by atoms with Gasteiger partial charge in [-0.1, -0.05) is 6.92 Å². The smallest absolute Gasteiger partial charge is 0.376 e. The lowest BCUT2D eigenvalue weighted by atomic mass is 9.87. The van der Waals surface area contributed by atoms with Crippen LogP contribution in [0.15, 0.2) is 0 Å². The van der Waals surface area contributed by atoms with Crippen molar-refractivity contribution in [3.63, 3.8) is 0 Å². The van der Waals surface area contributed by atoms with Crippen LogP contribution in [0.25, 0.3) is 0 Å². The second kappa shape index (κ2) is 7.26. The molecule has 2 aliphatic rings. The van der Waals surface area contributed by atoms with Crippen LogP contribution in [-0.2, 0) is 14.2 Å². The lowest BCUT2D eigenvalue weighted by molar-refractivity contribution is -0.208. The van der Waals surface area contributed by atoms with E-state index in [1.165, 1.54) is 0 Å². The van der Waals surface area contributed by atoms with E-state index in [2.05, 4.69) is 5.32 Å². The molecule has 7 heteroatoms. The molecule has 124 valence electrons. The Morgan fingerprint density at radius 1 is 1.29 bits per heavy atom. The Hall–Kier alpha value is -0.370. The zero-order chi connectivity index (χ0) is 15.3. The summed E-state index contributed by atoms with van der Waals surface area (Å²) in [7, 11) is 0. The quantitative estimate of drug-likeness (QED) is 0.766. The molecule has 1 N–H and O–H groups in total. The van der Waals surface area contributed by atoms with Gasteiger partial charge in [-0.2, -0.15) is 13.2 Å². The highest BCUT2D eigenvalue weighted by Gasteiger charge is 2.45. The highest BCUT2D eigenvalue weighted by atomic mass is 19.4. The topological polar surface area (TPSA) is 39.7 Å². The molecule has 0 aromatic heterocycles. The predicted octanol–water partition coefficient (Wildman–Crippen LogP) is 2.62. The van der Waals surface area contributed by atoms with Gasteiger partial charge in [-0.3, -0.25) is 0 Å². The van der Waals surface area contributed by atoms with Gasteiger partial charge >= 0.3 is 6.18 Å². The summed E-state index contributed by atoms with van der Waals surface area (Å²) in [6.07, 6.45) is -2.86. The third-order valence-corrected chi connectivity index (χ3v) is 4.01. The monoisotopic (exact) mass is 311 g/mol. The van der Waals surface area contributed by atoms with Crippen LogP contribution in [0.2, 0.25) is 0 Å². The van der Waals surface area contributed by atoms with Crippen molar-refractivity contribution >= 4 is 0 Å². The van der Waals surface area contributed by atoms with Gasteiger partial charge in [0.2, 0.25) is 0 Å². The van der Waals surface area contributed by atoms with Crippen molar-refractivity contribution in [3.05, 3.63) is 0 Å². The third-order valence-electron chi connectivity index (χ3n) is 4.01. The van der Waals surface area contributed by atoms with Gasteiger partial charge in [0.15, 0.2) is 5.79 Å². The zero-order valence-electron chi connectivity index (χ0n) is 12.4. The van der Waals surface area contributed by atoms with Gasteiger partial charge in [-0.05, 0) is 19.4 Å². The Kier molecular flexibility index (Phi) is 5.88. The Morgan fingerprint density at radius 2 is 2.00 bits per heavy atom. The van der Waals surface area contributed by atoms with Crippen molar-refractivity contribution in [1.82, 2.24) is 5.32 Å². The van der Waals surface area contributed by atoms with Gasteiger partial charge in [0, 0.05) is 31.9 Å². The molecule has 2 atom stereocenters. The van der Waals surface area contributed by atoms with Crippen molar-refractivity contribution in [2.45, 2.75) is 63.1 Å². The van der Waals surface area contributed by atoms with E-state index in [1.54, 1.807) is 0 Å². The van der Waals surface area contributed by atoms with Crippen LogP contribution in [0.1, 0.15) is 39.0 Å². The van der Waals surface area contributed by atoms with E-state index in [1.807, 2.05) is 6.92 Å². The summed E-state index contributed by atoms with van der Waals surface area (Å²) in [6, 6.07) is 0.152. The second-order valence-electron chi connectivity index (χ2n) is 5.64. The van der Waals surface area contributed by atoms with E-state index in [9.17, 15) is 13.2 Å². The first-order valence-electron chi connectivity index (χ1n) is 7.64. The lowest BCUT2D eigenvalue weighted by Crippen LogP contribution is -2.52. The minimum absolute atomic E-state index is 0.00639. The molecular formula is C14H24F3NO3. The fourth-order valence-corrected chi connectivity index (χ4v) is 3.05. The number of halogens is 3. The Morgan fingerprint density at radius 3 is 2.62 bits per heavy atom. The Balaban J connectivity index is 1.82. The molecule has 0 radical (unpaired) electrons. The molecule has 21 heavy (non-hydrogen) atoms. The largest absolute Gasteiger partial charge is 0.389 e. The number of likely N-dealkylation sites (N-methyl/N-ethyl adjacent to an activating group) is 1. The minimum Gasteiger partial charge on any atom is -0.376 e. The molecule has 0 bridgehead atoms. The van der Waals surface area contributed by atoms with E-state index in [0.29, 0.717) is 19.6 Å². The maximum atomic E-state index is 12.2.